The standard InChI is InChI=1S/C15H26N6O2.2ClH/c1-11(2)14(16)15(23)17-9-13(22)21-6-4-20(5-7-21)12-8-18-19(3)10-12;;/h8,10-11,14H,4-7,9,16H2,1-3H3,(H,17,23);2*1H/t14-;;/m0../s1. The number of nitrogens with one attached hydrogen (secondary N) is 1. The van der Waals surface area contributed by atoms with Crippen LogP contribution in [0.5, 0.6) is 0 Å². The zero-order chi connectivity index (χ0) is 17.0. The molecule has 1 aliphatic rings. The number of carbonyl (C=O) groups is 2. The molecule has 0 aromatic carbocycles. The summed E-state index contributed by atoms with van der Waals surface area (Å²) in [6, 6.07) is -0.578. The van der Waals surface area contributed by atoms with E-state index < -0.39 is 6.04 Å². The SMILES string of the molecule is CC(C)[C@H](N)C(=O)NCC(=O)N1CCN(c2cnn(C)c2)CC1.Cl.Cl. The molecule has 2 heterocycles. The Morgan fingerprint density at radius 3 is 2.32 bits per heavy atom. The summed E-state index contributed by atoms with van der Waals surface area (Å²) < 4.78 is 1.76. The number of halogens is 2. The molecule has 1 aromatic rings. The van der Waals surface area contributed by atoms with E-state index in [1.165, 1.54) is 0 Å². The Morgan fingerprint density at radius 2 is 1.84 bits per heavy atom. The molecule has 1 aromatic heterocycles. The minimum Gasteiger partial charge on any atom is -0.365 e. The third-order valence-electron chi connectivity index (χ3n) is 4.12. The van der Waals surface area contributed by atoms with Crippen molar-refractivity contribution in [3.05, 3.63) is 12.4 Å². The first-order chi connectivity index (χ1) is 10.9. The first-order valence-electron chi connectivity index (χ1n) is 7.93. The van der Waals surface area contributed by atoms with Gasteiger partial charge in [0.25, 0.3) is 0 Å². The molecule has 1 aliphatic heterocycles. The molecule has 0 aliphatic carbocycles. The molecule has 0 spiro atoms. The van der Waals surface area contributed by atoms with Crippen molar-refractivity contribution in [2.75, 3.05) is 37.6 Å². The van der Waals surface area contributed by atoms with Crippen LogP contribution in [-0.2, 0) is 16.6 Å². The first-order valence-corrected chi connectivity index (χ1v) is 7.93. The van der Waals surface area contributed by atoms with E-state index in [-0.39, 0.29) is 49.1 Å². The van der Waals surface area contributed by atoms with Gasteiger partial charge < -0.3 is 20.9 Å². The molecule has 2 rings (SSSR count). The monoisotopic (exact) mass is 394 g/mol. The summed E-state index contributed by atoms with van der Waals surface area (Å²) in [7, 11) is 1.88. The van der Waals surface area contributed by atoms with Crippen molar-refractivity contribution in [3.63, 3.8) is 0 Å². The second kappa shape index (κ2) is 10.5. The number of piperazine rings is 1. The van der Waals surface area contributed by atoms with Gasteiger partial charge in [-0.25, -0.2) is 0 Å². The Bertz CT molecular complexity index is 558. The van der Waals surface area contributed by atoms with E-state index in [0.29, 0.717) is 13.1 Å². The summed E-state index contributed by atoms with van der Waals surface area (Å²) in [4.78, 5) is 27.9. The molecule has 0 saturated carbocycles. The topological polar surface area (TPSA) is 96.5 Å². The summed E-state index contributed by atoms with van der Waals surface area (Å²) in [5, 5.41) is 6.79. The van der Waals surface area contributed by atoms with Crippen LogP contribution in [0.25, 0.3) is 0 Å². The third kappa shape index (κ3) is 6.37. The van der Waals surface area contributed by atoms with Crippen LogP contribution in [0.4, 0.5) is 5.69 Å². The van der Waals surface area contributed by atoms with Crippen LogP contribution in [0.2, 0.25) is 0 Å². The molecule has 144 valence electrons. The Kier molecular flexibility index (Phi) is 9.84. The van der Waals surface area contributed by atoms with Gasteiger partial charge in [0.1, 0.15) is 0 Å². The first kappa shape index (κ1) is 23.5. The highest BCUT2D eigenvalue weighted by Crippen LogP contribution is 2.14. The van der Waals surface area contributed by atoms with Crippen molar-refractivity contribution in [1.29, 1.82) is 0 Å². The summed E-state index contributed by atoms with van der Waals surface area (Å²) in [6.07, 6.45) is 3.79. The average molecular weight is 395 g/mol. The summed E-state index contributed by atoms with van der Waals surface area (Å²) in [5.74, 6) is -0.296. The highest BCUT2D eigenvalue weighted by molar-refractivity contribution is 5.87. The number of anilines is 1. The Morgan fingerprint density at radius 1 is 1.24 bits per heavy atom. The minimum atomic E-state index is -0.578. The molecule has 0 radical (unpaired) electrons. The lowest BCUT2D eigenvalue weighted by molar-refractivity contribution is -0.133. The molecular formula is C15H28Cl2N6O2. The van der Waals surface area contributed by atoms with Gasteiger partial charge in [0, 0.05) is 39.4 Å². The number of hydrogen-bond donors (Lipinski definition) is 2. The van der Waals surface area contributed by atoms with Crippen LogP contribution in [-0.4, -0.2) is 65.3 Å². The van der Waals surface area contributed by atoms with Gasteiger partial charge in [-0.2, -0.15) is 5.10 Å². The molecule has 1 atom stereocenters. The number of amides is 2. The molecule has 1 saturated heterocycles. The molecular weight excluding hydrogens is 367 g/mol. The molecule has 25 heavy (non-hydrogen) atoms. The highest BCUT2D eigenvalue weighted by Gasteiger charge is 2.23. The van der Waals surface area contributed by atoms with Gasteiger partial charge in [-0.05, 0) is 5.92 Å². The van der Waals surface area contributed by atoms with Crippen molar-refractivity contribution < 1.29 is 9.59 Å². The van der Waals surface area contributed by atoms with Crippen LogP contribution in [0.15, 0.2) is 12.4 Å². The molecule has 1 fully saturated rings. The Balaban J connectivity index is 0.00000288. The van der Waals surface area contributed by atoms with Gasteiger partial charge in [0.05, 0.1) is 24.5 Å². The number of carbonyl (C=O) groups excluding carboxylic acids is 2. The zero-order valence-electron chi connectivity index (χ0n) is 14.8. The quantitative estimate of drug-likeness (QED) is 0.733. The second-order valence-electron chi connectivity index (χ2n) is 6.23. The number of aromatic nitrogens is 2. The van der Waals surface area contributed by atoms with Crippen LogP contribution in [0.1, 0.15) is 13.8 Å². The van der Waals surface area contributed by atoms with Gasteiger partial charge >= 0.3 is 0 Å². The third-order valence-corrected chi connectivity index (χ3v) is 4.12. The van der Waals surface area contributed by atoms with Crippen LogP contribution in [0.3, 0.4) is 0 Å². The lowest BCUT2D eigenvalue weighted by Crippen LogP contribution is -2.52. The number of hydrogen-bond acceptors (Lipinski definition) is 5. The maximum Gasteiger partial charge on any atom is 0.242 e. The van der Waals surface area contributed by atoms with Gasteiger partial charge in [0.15, 0.2) is 0 Å². The molecule has 0 unspecified atom stereocenters. The van der Waals surface area contributed by atoms with E-state index in [2.05, 4.69) is 15.3 Å². The molecule has 0 bridgehead atoms. The van der Waals surface area contributed by atoms with Crippen molar-refractivity contribution in [1.82, 2.24) is 20.0 Å². The fourth-order valence-corrected chi connectivity index (χ4v) is 2.48. The van der Waals surface area contributed by atoms with Crippen LogP contribution in [0, 0.1) is 5.92 Å². The highest BCUT2D eigenvalue weighted by atomic mass is 35.5. The maximum absolute atomic E-state index is 12.2. The average Bonchev–Trinajstić information content (AvgIpc) is 2.98. The number of rotatable bonds is 5. The van der Waals surface area contributed by atoms with Crippen molar-refractivity contribution >= 4 is 42.3 Å². The van der Waals surface area contributed by atoms with E-state index in [1.54, 1.807) is 9.58 Å². The smallest absolute Gasteiger partial charge is 0.242 e. The van der Waals surface area contributed by atoms with Gasteiger partial charge in [0.2, 0.25) is 11.8 Å². The number of nitrogens with zero attached hydrogens (tertiary/aromatic N) is 4. The fourth-order valence-electron chi connectivity index (χ4n) is 2.48. The fraction of sp³-hybridized carbons (Fsp3) is 0.667. The zero-order valence-corrected chi connectivity index (χ0v) is 16.5. The van der Waals surface area contributed by atoms with Crippen LogP contribution < -0.4 is 16.0 Å². The second-order valence-corrected chi connectivity index (χ2v) is 6.23. The largest absolute Gasteiger partial charge is 0.365 e. The Hall–Kier alpha value is -1.51. The van der Waals surface area contributed by atoms with Crippen molar-refractivity contribution in [2.24, 2.45) is 18.7 Å². The lowest BCUT2D eigenvalue weighted by Gasteiger charge is -2.35. The van der Waals surface area contributed by atoms with E-state index in [0.717, 1.165) is 18.8 Å². The molecule has 8 nitrogen and oxygen atoms in total. The number of nitrogens with two attached hydrogens (primary N) is 1. The Labute approximate surface area is 160 Å². The van der Waals surface area contributed by atoms with E-state index in [1.807, 2.05) is 33.3 Å². The summed E-state index contributed by atoms with van der Waals surface area (Å²) in [6.45, 7) is 6.56. The lowest BCUT2D eigenvalue weighted by atomic mass is 10.1. The molecule has 2 amide bonds. The number of aryl methyl sites for hydroxylation is 1. The minimum absolute atomic E-state index is 0. The van der Waals surface area contributed by atoms with Gasteiger partial charge in [-0.15, -0.1) is 24.8 Å². The van der Waals surface area contributed by atoms with E-state index in [4.69, 9.17) is 5.73 Å². The van der Waals surface area contributed by atoms with Gasteiger partial charge in [-0.3, -0.25) is 14.3 Å². The summed E-state index contributed by atoms with van der Waals surface area (Å²) in [5.41, 5.74) is 6.82. The van der Waals surface area contributed by atoms with E-state index in [9.17, 15) is 9.59 Å². The summed E-state index contributed by atoms with van der Waals surface area (Å²) >= 11 is 0. The van der Waals surface area contributed by atoms with Crippen molar-refractivity contribution in [2.45, 2.75) is 19.9 Å². The van der Waals surface area contributed by atoms with Crippen molar-refractivity contribution in [3.8, 4) is 0 Å². The van der Waals surface area contributed by atoms with E-state index >= 15 is 0 Å². The maximum atomic E-state index is 12.2. The van der Waals surface area contributed by atoms with Gasteiger partial charge in [-0.1, -0.05) is 13.8 Å². The molecule has 3 N–H and O–H groups in total. The normalized spacial score (nSPS) is 15.2. The predicted octanol–water partition coefficient (Wildman–Crippen LogP) is 0.0118. The molecule has 10 heteroatoms. The van der Waals surface area contributed by atoms with Crippen LogP contribution >= 0.6 is 24.8 Å². The predicted molar refractivity (Wildman–Crippen MR) is 102 cm³/mol.